The van der Waals surface area contributed by atoms with Gasteiger partial charge in [-0.15, -0.1) is 0 Å². The van der Waals surface area contributed by atoms with Crippen molar-refractivity contribution in [2.75, 3.05) is 5.32 Å². The van der Waals surface area contributed by atoms with Gasteiger partial charge in [0.05, 0.1) is 6.42 Å². The van der Waals surface area contributed by atoms with Crippen LogP contribution in [0, 0.1) is 0 Å². The van der Waals surface area contributed by atoms with Crippen LogP contribution in [0.3, 0.4) is 0 Å². The molecule has 118 valence electrons. The summed E-state index contributed by atoms with van der Waals surface area (Å²) in [4.78, 5) is 23.0. The first-order valence-corrected chi connectivity index (χ1v) is 6.69. The average molecular weight is 313 g/mol. The average Bonchev–Trinajstić information content (AvgIpc) is 2.54. The van der Waals surface area contributed by atoms with Gasteiger partial charge >= 0.3 is 5.97 Å². The lowest BCUT2D eigenvalue weighted by atomic mass is 10.1. The van der Waals surface area contributed by atoms with Crippen molar-refractivity contribution in [3.05, 3.63) is 65.2 Å². The van der Waals surface area contributed by atoms with Crippen LogP contribution >= 0.6 is 0 Å². The minimum atomic E-state index is -0.944. The molecule has 1 amide bonds. The number of carboxylic acids is 1. The predicted molar refractivity (Wildman–Crippen MR) is 84.7 cm³/mol. The van der Waals surface area contributed by atoms with Gasteiger partial charge < -0.3 is 21.4 Å². The van der Waals surface area contributed by atoms with E-state index in [0.717, 1.165) is 0 Å². The van der Waals surface area contributed by atoms with Gasteiger partial charge in [-0.3, -0.25) is 9.59 Å². The lowest BCUT2D eigenvalue weighted by Crippen LogP contribution is -2.16. The molecule has 2 aromatic carbocycles. The number of nitrogens with one attached hydrogen (secondary N) is 1. The van der Waals surface area contributed by atoms with Gasteiger partial charge in [-0.1, -0.05) is 29.4 Å². The smallest absolute Gasteiger partial charge is 0.307 e. The zero-order valence-electron chi connectivity index (χ0n) is 12.1. The highest BCUT2D eigenvalue weighted by molar-refractivity contribution is 6.06. The summed E-state index contributed by atoms with van der Waals surface area (Å²) in [6.07, 6.45) is -0.122. The van der Waals surface area contributed by atoms with Crippen molar-refractivity contribution in [1.29, 1.82) is 0 Å². The second-order valence-corrected chi connectivity index (χ2v) is 4.79. The highest BCUT2D eigenvalue weighted by atomic mass is 16.4. The molecule has 0 unspecified atom stereocenters. The van der Waals surface area contributed by atoms with Gasteiger partial charge in [0, 0.05) is 16.8 Å². The summed E-state index contributed by atoms with van der Waals surface area (Å²) in [6.45, 7) is 0. The molecule has 0 heterocycles. The molecule has 0 bridgehead atoms. The van der Waals surface area contributed by atoms with Gasteiger partial charge in [0.15, 0.2) is 5.84 Å². The van der Waals surface area contributed by atoms with Crippen LogP contribution in [0.4, 0.5) is 5.69 Å². The normalized spacial score (nSPS) is 11.0. The van der Waals surface area contributed by atoms with Crippen molar-refractivity contribution in [1.82, 2.24) is 0 Å². The quantitative estimate of drug-likeness (QED) is 0.289. The van der Waals surface area contributed by atoms with Crippen LogP contribution in [-0.2, 0) is 11.2 Å². The van der Waals surface area contributed by atoms with Crippen LogP contribution in [0.1, 0.15) is 21.5 Å². The van der Waals surface area contributed by atoms with E-state index in [1.165, 1.54) is 6.07 Å². The minimum Gasteiger partial charge on any atom is -0.481 e. The first-order valence-electron chi connectivity index (χ1n) is 6.69. The number of carboxylic acid groups (broad SMARTS) is 1. The number of benzene rings is 2. The van der Waals surface area contributed by atoms with E-state index in [1.54, 1.807) is 42.5 Å². The maximum Gasteiger partial charge on any atom is 0.307 e. The van der Waals surface area contributed by atoms with Gasteiger partial charge in [-0.25, -0.2) is 0 Å². The molecule has 0 radical (unpaired) electrons. The van der Waals surface area contributed by atoms with Crippen LogP contribution in [0.25, 0.3) is 0 Å². The van der Waals surface area contributed by atoms with Gasteiger partial charge in [-0.2, -0.15) is 0 Å². The van der Waals surface area contributed by atoms with E-state index in [0.29, 0.717) is 22.4 Å². The summed E-state index contributed by atoms with van der Waals surface area (Å²) in [6, 6.07) is 12.9. The number of nitrogens with zero attached hydrogens (tertiary/aromatic N) is 1. The van der Waals surface area contributed by atoms with Crippen molar-refractivity contribution in [2.24, 2.45) is 10.9 Å². The molecule has 23 heavy (non-hydrogen) atoms. The first-order chi connectivity index (χ1) is 11.0. The van der Waals surface area contributed by atoms with Gasteiger partial charge in [0.1, 0.15) is 0 Å². The summed E-state index contributed by atoms with van der Waals surface area (Å²) in [5, 5.41) is 23.0. The molecule has 2 rings (SSSR count). The number of aliphatic carboxylic acids is 1. The molecule has 2 aromatic rings. The number of carbonyl (C=O) groups excluding carboxylic acids is 1. The van der Waals surface area contributed by atoms with Crippen molar-refractivity contribution >= 4 is 23.4 Å². The third-order valence-corrected chi connectivity index (χ3v) is 3.07. The fraction of sp³-hybridized carbons (Fsp3) is 0.0625. The molecule has 0 aliphatic heterocycles. The molecule has 0 aromatic heterocycles. The van der Waals surface area contributed by atoms with Crippen molar-refractivity contribution in [2.45, 2.75) is 6.42 Å². The van der Waals surface area contributed by atoms with Gasteiger partial charge in [0.25, 0.3) is 5.91 Å². The number of carbonyl (C=O) groups is 2. The number of amidine groups is 1. The van der Waals surface area contributed by atoms with Crippen LogP contribution in [-0.4, -0.2) is 28.0 Å². The summed E-state index contributed by atoms with van der Waals surface area (Å²) < 4.78 is 0. The third-order valence-electron chi connectivity index (χ3n) is 3.07. The Kier molecular flexibility index (Phi) is 4.93. The van der Waals surface area contributed by atoms with Gasteiger partial charge in [0.2, 0.25) is 0 Å². The Balaban J connectivity index is 2.17. The number of oxime groups is 1. The minimum absolute atomic E-state index is 0.0943. The monoisotopic (exact) mass is 313 g/mol. The first kappa shape index (κ1) is 16.0. The maximum atomic E-state index is 12.2. The fourth-order valence-corrected chi connectivity index (χ4v) is 2.01. The van der Waals surface area contributed by atoms with Crippen molar-refractivity contribution in [3.63, 3.8) is 0 Å². The zero-order valence-corrected chi connectivity index (χ0v) is 12.1. The molecule has 7 nitrogen and oxygen atoms in total. The molecule has 0 saturated heterocycles. The Labute approximate surface area is 132 Å². The molecule has 0 atom stereocenters. The van der Waals surface area contributed by atoms with Crippen molar-refractivity contribution in [3.8, 4) is 0 Å². The molecule has 0 aliphatic carbocycles. The fourth-order valence-electron chi connectivity index (χ4n) is 2.01. The number of hydrogen-bond donors (Lipinski definition) is 4. The molecule has 7 heteroatoms. The maximum absolute atomic E-state index is 12.2. The standard InChI is InChI=1S/C16H15N3O4/c17-15(19-23)11-4-2-5-12(9-11)16(22)18-13-6-1-3-10(7-13)8-14(20)21/h1-7,9,23H,8H2,(H2,17,19)(H,18,22)(H,20,21). The summed E-state index contributed by atoms with van der Waals surface area (Å²) in [7, 11) is 0. The van der Waals surface area contributed by atoms with Crippen LogP contribution in [0.15, 0.2) is 53.7 Å². The lowest BCUT2D eigenvalue weighted by molar-refractivity contribution is -0.136. The van der Waals surface area contributed by atoms with E-state index in [9.17, 15) is 9.59 Å². The topological polar surface area (TPSA) is 125 Å². The molecular weight excluding hydrogens is 298 g/mol. The second kappa shape index (κ2) is 7.08. The molecule has 0 saturated carbocycles. The number of nitrogens with two attached hydrogens (primary N) is 1. The molecule has 5 N–H and O–H groups in total. The summed E-state index contributed by atoms with van der Waals surface area (Å²) in [5.74, 6) is -1.42. The Morgan fingerprint density at radius 1 is 1.09 bits per heavy atom. The van der Waals surface area contributed by atoms with Gasteiger partial charge in [-0.05, 0) is 29.8 Å². The molecule has 0 spiro atoms. The lowest BCUT2D eigenvalue weighted by Gasteiger charge is -2.08. The Morgan fingerprint density at radius 3 is 2.48 bits per heavy atom. The van der Waals surface area contributed by atoms with E-state index in [4.69, 9.17) is 16.0 Å². The molecule has 0 fully saturated rings. The Hall–Kier alpha value is -3.35. The highest BCUT2D eigenvalue weighted by Crippen LogP contribution is 2.14. The highest BCUT2D eigenvalue weighted by Gasteiger charge is 2.09. The third kappa shape index (κ3) is 4.31. The Bertz CT molecular complexity index is 771. The molecular formula is C16H15N3O4. The van der Waals surface area contributed by atoms with Crippen LogP contribution in [0.2, 0.25) is 0 Å². The van der Waals surface area contributed by atoms with E-state index < -0.39 is 5.97 Å². The van der Waals surface area contributed by atoms with E-state index in [-0.39, 0.29) is 18.2 Å². The Morgan fingerprint density at radius 2 is 1.78 bits per heavy atom. The number of anilines is 1. The van der Waals surface area contributed by atoms with E-state index in [1.807, 2.05) is 0 Å². The zero-order chi connectivity index (χ0) is 16.8. The largest absolute Gasteiger partial charge is 0.481 e. The van der Waals surface area contributed by atoms with Crippen LogP contribution < -0.4 is 11.1 Å². The summed E-state index contributed by atoms with van der Waals surface area (Å²) in [5.41, 5.74) is 7.32. The van der Waals surface area contributed by atoms with E-state index >= 15 is 0 Å². The number of hydrogen-bond acceptors (Lipinski definition) is 4. The molecule has 0 aliphatic rings. The SMILES string of the molecule is NC(=NO)c1cccc(C(=O)Nc2cccc(CC(=O)O)c2)c1. The summed E-state index contributed by atoms with van der Waals surface area (Å²) >= 11 is 0. The number of rotatable bonds is 5. The van der Waals surface area contributed by atoms with Crippen molar-refractivity contribution < 1.29 is 19.9 Å². The van der Waals surface area contributed by atoms with E-state index in [2.05, 4.69) is 10.5 Å². The van der Waals surface area contributed by atoms with Crippen LogP contribution in [0.5, 0.6) is 0 Å². The number of amides is 1. The second-order valence-electron chi connectivity index (χ2n) is 4.79. The predicted octanol–water partition coefficient (Wildman–Crippen LogP) is 1.66.